The largest absolute Gasteiger partial charge is 0.497 e. The lowest BCUT2D eigenvalue weighted by molar-refractivity contribution is -0.152. The van der Waals surface area contributed by atoms with Crippen LogP contribution in [-0.4, -0.2) is 41.2 Å². The molecule has 0 bridgehead atoms. The zero-order chi connectivity index (χ0) is 27.1. The quantitative estimate of drug-likeness (QED) is 0.184. The minimum absolute atomic E-state index is 0.480. The summed E-state index contributed by atoms with van der Waals surface area (Å²) in [6.07, 6.45) is -2.18. The fourth-order valence-electron chi connectivity index (χ4n) is 3.68. The number of methoxy groups -OCH3 is 2. The Bertz CT molecular complexity index is 1290. The van der Waals surface area contributed by atoms with Crippen molar-refractivity contribution in [3.63, 3.8) is 0 Å². The monoisotopic (exact) mass is 554 g/mol. The third kappa shape index (κ3) is 7.47. The molecule has 3 aromatic rings. The van der Waals surface area contributed by atoms with Gasteiger partial charge in [0.25, 0.3) is 10.1 Å². The van der Waals surface area contributed by atoms with Crippen molar-refractivity contribution in [1.82, 2.24) is 0 Å². The zero-order valence-corrected chi connectivity index (χ0v) is 21.8. The van der Waals surface area contributed by atoms with Crippen molar-refractivity contribution in [2.24, 2.45) is 0 Å². The van der Waals surface area contributed by atoms with Crippen LogP contribution in [0.3, 0.4) is 0 Å². The maximum absolute atomic E-state index is 15.1. The van der Waals surface area contributed by atoms with E-state index >= 15 is 4.57 Å². The van der Waals surface area contributed by atoms with E-state index in [9.17, 15) is 21.6 Å². The Morgan fingerprint density at radius 3 is 1.76 bits per heavy atom. The molecule has 1 atom stereocenters. The molecular weight excluding hydrogens is 528 g/mol. The standard InChI is InChI=1S/C26H26F3O6PS/c1-33-21-10-14-23(15-11-21)36(30,24-16-12-22(34-2)13-17-24)25(20-7-4-3-5-8-20)9-6-18-37(31,32)35-19-26(27,28)29/h3-17,25H,18-19H2,1-2H3/b9-6+/t25-/m0/s1. The van der Waals surface area contributed by atoms with E-state index in [0.29, 0.717) is 27.7 Å². The molecule has 0 heterocycles. The molecular formula is C26H26F3O6PS. The minimum Gasteiger partial charge on any atom is -0.497 e. The van der Waals surface area contributed by atoms with Crippen LogP contribution in [0.5, 0.6) is 11.5 Å². The van der Waals surface area contributed by atoms with Gasteiger partial charge in [-0.3, -0.25) is 4.18 Å². The van der Waals surface area contributed by atoms with Crippen LogP contribution < -0.4 is 20.1 Å². The lowest BCUT2D eigenvalue weighted by atomic mass is 10.1. The third-order valence-corrected chi connectivity index (χ3v) is 9.93. The summed E-state index contributed by atoms with van der Waals surface area (Å²) in [6.45, 7) is -1.92. The molecule has 198 valence electrons. The molecule has 0 aliphatic carbocycles. The number of hydrogen-bond donors (Lipinski definition) is 0. The van der Waals surface area contributed by atoms with Crippen LogP contribution in [0.4, 0.5) is 13.2 Å². The van der Waals surface area contributed by atoms with Gasteiger partial charge in [-0.2, -0.15) is 21.6 Å². The van der Waals surface area contributed by atoms with E-state index in [1.807, 2.05) is 0 Å². The predicted octanol–water partition coefficient (Wildman–Crippen LogP) is 5.22. The van der Waals surface area contributed by atoms with Gasteiger partial charge in [0.2, 0.25) is 0 Å². The van der Waals surface area contributed by atoms with Gasteiger partial charge in [-0.05, 0) is 54.1 Å². The number of ether oxygens (including phenoxy) is 2. The lowest BCUT2D eigenvalue weighted by Crippen LogP contribution is -2.22. The Labute approximate surface area is 214 Å². The number of halogens is 3. The lowest BCUT2D eigenvalue weighted by Gasteiger charge is -2.27. The molecule has 0 amide bonds. The van der Waals surface area contributed by atoms with Crippen LogP contribution in [0.1, 0.15) is 11.2 Å². The average molecular weight is 555 g/mol. The maximum Gasteiger partial charge on any atom is 0.413 e. The Balaban J connectivity index is 2.10. The summed E-state index contributed by atoms with van der Waals surface area (Å²) in [7, 11) is -5.05. The van der Waals surface area contributed by atoms with Gasteiger partial charge in [-0.15, -0.1) is 0 Å². The number of hydrogen-bond acceptors (Lipinski definition) is 6. The van der Waals surface area contributed by atoms with E-state index in [2.05, 4.69) is 4.18 Å². The van der Waals surface area contributed by atoms with E-state index in [1.165, 1.54) is 26.4 Å². The second-order valence-corrected chi connectivity index (χ2v) is 12.5. The van der Waals surface area contributed by atoms with Gasteiger partial charge in [0.1, 0.15) is 11.5 Å². The van der Waals surface area contributed by atoms with Gasteiger partial charge in [-0.1, -0.05) is 42.5 Å². The van der Waals surface area contributed by atoms with Crippen LogP contribution >= 0.6 is 7.14 Å². The SMILES string of the molecule is COc1ccc(P(=O)(c2ccc(OC)cc2)[C@@H](/C=C/CS(=O)(=O)OCC(F)(F)F)c2ccccc2)cc1. The molecule has 0 saturated heterocycles. The Kier molecular flexibility index (Phi) is 9.23. The molecule has 0 aromatic heterocycles. The first kappa shape index (κ1) is 28.5. The summed E-state index contributed by atoms with van der Waals surface area (Å²) in [5, 5.41) is 0.960. The highest BCUT2D eigenvalue weighted by molar-refractivity contribution is 7.86. The second kappa shape index (κ2) is 12.0. The molecule has 0 aliphatic heterocycles. The number of rotatable bonds is 11. The van der Waals surface area contributed by atoms with Crippen molar-refractivity contribution in [2.75, 3.05) is 26.6 Å². The summed E-state index contributed by atoms with van der Waals surface area (Å²) in [6, 6.07) is 22.2. The maximum atomic E-state index is 15.1. The van der Waals surface area contributed by atoms with Crippen molar-refractivity contribution in [2.45, 2.75) is 11.8 Å². The molecule has 0 N–H and O–H groups in total. The summed E-state index contributed by atoms with van der Waals surface area (Å²) in [5.41, 5.74) is -0.212. The zero-order valence-electron chi connectivity index (χ0n) is 20.1. The molecule has 3 rings (SSSR count). The number of allylic oxidation sites excluding steroid dienone is 1. The first-order valence-electron chi connectivity index (χ1n) is 11.0. The van der Waals surface area contributed by atoms with Crippen molar-refractivity contribution < 1.29 is 39.8 Å². The van der Waals surface area contributed by atoms with Gasteiger partial charge >= 0.3 is 6.18 Å². The van der Waals surface area contributed by atoms with Crippen molar-refractivity contribution >= 4 is 27.9 Å². The molecule has 0 radical (unpaired) electrons. The van der Waals surface area contributed by atoms with Gasteiger partial charge in [-0.25, -0.2) is 0 Å². The van der Waals surface area contributed by atoms with E-state index in [1.54, 1.807) is 78.9 Å². The summed E-state index contributed by atoms with van der Waals surface area (Å²) < 4.78 is 91.0. The second-order valence-electron chi connectivity index (χ2n) is 7.94. The highest BCUT2D eigenvalue weighted by Crippen LogP contribution is 2.58. The van der Waals surface area contributed by atoms with E-state index < -0.39 is 41.5 Å². The Morgan fingerprint density at radius 1 is 0.838 bits per heavy atom. The van der Waals surface area contributed by atoms with Crippen molar-refractivity contribution in [1.29, 1.82) is 0 Å². The van der Waals surface area contributed by atoms with Crippen LogP contribution in [0.2, 0.25) is 0 Å². The molecule has 0 saturated carbocycles. The van der Waals surface area contributed by atoms with E-state index in [-0.39, 0.29) is 0 Å². The summed E-state index contributed by atoms with van der Waals surface area (Å²) in [5.74, 6) is 0.298. The van der Waals surface area contributed by atoms with Crippen LogP contribution in [0.15, 0.2) is 91.0 Å². The van der Waals surface area contributed by atoms with Gasteiger partial charge in [0.05, 0.1) is 25.6 Å². The predicted molar refractivity (Wildman–Crippen MR) is 137 cm³/mol. The van der Waals surface area contributed by atoms with Gasteiger partial charge in [0.15, 0.2) is 13.7 Å². The first-order valence-corrected chi connectivity index (χ1v) is 14.4. The fourth-order valence-corrected chi connectivity index (χ4v) is 7.51. The number of alkyl halides is 3. The Morgan fingerprint density at radius 2 is 1.32 bits per heavy atom. The normalized spacial score (nSPS) is 13.4. The smallest absolute Gasteiger partial charge is 0.413 e. The van der Waals surface area contributed by atoms with Crippen LogP contribution in [0, 0.1) is 0 Å². The van der Waals surface area contributed by atoms with E-state index in [4.69, 9.17) is 9.47 Å². The average Bonchev–Trinajstić information content (AvgIpc) is 2.90. The van der Waals surface area contributed by atoms with Crippen molar-refractivity contribution in [3.8, 4) is 11.5 Å². The summed E-state index contributed by atoms with van der Waals surface area (Å²) in [4.78, 5) is 0. The highest BCUT2D eigenvalue weighted by Gasteiger charge is 2.37. The highest BCUT2D eigenvalue weighted by atomic mass is 32.2. The topological polar surface area (TPSA) is 78.9 Å². The molecule has 0 aliphatic rings. The van der Waals surface area contributed by atoms with Gasteiger partial charge in [0, 0.05) is 10.6 Å². The fraction of sp³-hybridized carbons (Fsp3) is 0.231. The van der Waals surface area contributed by atoms with Gasteiger partial charge < -0.3 is 14.0 Å². The van der Waals surface area contributed by atoms with E-state index in [0.717, 1.165) is 0 Å². The molecule has 3 aromatic carbocycles. The van der Waals surface area contributed by atoms with Crippen molar-refractivity contribution in [3.05, 3.63) is 96.6 Å². The minimum atomic E-state index is -4.79. The van der Waals surface area contributed by atoms with Crippen LogP contribution in [-0.2, 0) is 18.9 Å². The first-order chi connectivity index (χ1) is 17.5. The Hall–Kier alpha value is -3.07. The molecule has 6 nitrogen and oxygen atoms in total. The molecule has 0 fully saturated rings. The number of benzene rings is 3. The van der Waals surface area contributed by atoms with Crippen LogP contribution in [0.25, 0.3) is 0 Å². The molecule has 0 spiro atoms. The third-order valence-electron chi connectivity index (χ3n) is 5.47. The molecule has 37 heavy (non-hydrogen) atoms. The molecule has 11 heteroatoms. The molecule has 0 unspecified atom stereocenters. The summed E-state index contributed by atoms with van der Waals surface area (Å²) >= 11 is 0.